The van der Waals surface area contributed by atoms with Crippen LogP contribution in [0, 0.1) is 6.92 Å². The number of rotatable bonds is 5. The van der Waals surface area contributed by atoms with Crippen molar-refractivity contribution >= 4 is 11.6 Å². The van der Waals surface area contributed by atoms with Gasteiger partial charge in [0.05, 0.1) is 17.6 Å². The van der Waals surface area contributed by atoms with Gasteiger partial charge >= 0.3 is 0 Å². The second-order valence-electron chi connectivity index (χ2n) is 6.19. The molecule has 8 nitrogen and oxygen atoms in total. The van der Waals surface area contributed by atoms with E-state index in [1.54, 1.807) is 16.7 Å². The molecule has 136 valence electrons. The van der Waals surface area contributed by atoms with Gasteiger partial charge in [0.15, 0.2) is 5.82 Å². The number of hydrogen-bond acceptors (Lipinski definition) is 5. The molecule has 4 aromatic rings. The molecule has 4 heterocycles. The van der Waals surface area contributed by atoms with Crippen LogP contribution in [0.1, 0.15) is 21.9 Å². The molecular formula is C19H18N6O2. The number of nitrogens with two attached hydrogens (primary N) is 1. The van der Waals surface area contributed by atoms with Crippen LogP contribution in [0.3, 0.4) is 0 Å². The van der Waals surface area contributed by atoms with E-state index in [2.05, 4.69) is 15.0 Å². The summed E-state index contributed by atoms with van der Waals surface area (Å²) >= 11 is 0. The number of carbonyl (C=O) groups is 1. The molecule has 0 aromatic carbocycles. The number of amides is 1. The van der Waals surface area contributed by atoms with E-state index in [0.717, 1.165) is 22.8 Å². The fraction of sp³-hybridized carbons (Fsp3) is 0.158. The van der Waals surface area contributed by atoms with Crippen LogP contribution in [0.25, 0.3) is 22.9 Å². The summed E-state index contributed by atoms with van der Waals surface area (Å²) in [6.07, 6.45) is 5.53. The summed E-state index contributed by atoms with van der Waals surface area (Å²) in [6.45, 7) is 1.92. The number of aliphatic hydroxyl groups is 1. The van der Waals surface area contributed by atoms with Crippen molar-refractivity contribution in [1.29, 1.82) is 0 Å². The summed E-state index contributed by atoms with van der Waals surface area (Å²) in [7, 11) is 0. The van der Waals surface area contributed by atoms with E-state index in [-0.39, 0.29) is 6.61 Å². The lowest BCUT2D eigenvalue weighted by molar-refractivity contribution is 0.0994. The molecular weight excluding hydrogens is 344 g/mol. The highest BCUT2D eigenvalue weighted by atomic mass is 16.3. The van der Waals surface area contributed by atoms with E-state index >= 15 is 0 Å². The predicted octanol–water partition coefficient (Wildman–Crippen LogP) is 1.52. The number of imidazole rings is 2. The number of aryl methyl sites for hydroxylation is 1. The van der Waals surface area contributed by atoms with Crippen molar-refractivity contribution in [3.63, 3.8) is 0 Å². The molecule has 4 aromatic heterocycles. The number of aliphatic hydroxyl groups excluding tert-OH is 1. The number of primary amides is 1. The van der Waals surface area contributed by atoms with Crippen molar-refractivity contribution in [2.45, 2.75) is 13.3 Å². The van der Waals surface area contributed by atoms with E-state index in [9.17, 15) is 9.90 Å². The quantitative estimate of drug-likeness (QED) is 0.559. The third-order valence-electron chi connectivity index (χ3n) is 4.26. The Hall–Kier alpha value is -3.52. The highest BCUT2D eigenvalue weighted by Gasteiger charge is 2.15. The van der Waals surface area contributed by atoms with Gasteiger partial charge in [-0.1, -0.05) is 6.07 Å². The molecule has 0 fully saturated rings. The number of nitrogens with zero attached hydrogens (tertiary/aromatic N) is 5. The molecule has 8 heteroatoms. The van der Waals surface area contributed by atoms with E-state index in [1.165, 1.54) is 6.20 Å². The van der Waals surface area contributed by atoms with E-state index in [4.69, 9.17) is 5.73 Å². The molecule has 3 N–H and O–H groups in total. The summed E-state index contributed by atoms with van der Waals surface area (Å²) < 4.78 is 3.54. The molecule has 0 saturated carbocycles. The SMILES string of the molecule is Cc1cccc(-c2nc(CCO)cn2-c2ccc3ncc(C(N)=O)n3c2)n1. The summed E-state index contributed by atoms with van der Waals surface area (Å²) in [5.74, 6) is 0.106. The van der Waals surface area contributed by atoms with Gasteiger partial charge in [-0.15, -0.1) is 0 Å². The first-order chi connectivity index (χ1) is 13.1. The van der Waals surface area contributed by atoms with Crippen molar-refractivity contribution in [3.05, 3.63) is 66.0 Å². The first-order valence-corrected chi connectivity index (χ1v) is 8.47. The van der Waals surface area contributed by atoms with Crippen LogP contribution in [0.4, 0.5) is 0 Å². The van der Waals surface area contributed by atoms with Crippen LogP contribution >= 0.6 is 0 Å². The van der Waals surface area contributed by atoms with Gasteiger partial charge in [0.25, 0.3) is 5.91 Å². The van der Waals surface area contributed by atoms with Crippen LogP contribution in [-0.4, -0.2) is 41.5 Å². The second-order valence-corrected chi connectivity index (χ2v) is 6.19. The smallest absolute Gasteiger partial charge is 0.267 e. The normalized spacial score (nSPS) is 11.2. The average Bonchev–Trinajstić information content (AvgIpc) is 3.25. The van der Waals surface area contributed by atoms with Crippen LogP contribution in [0.5, 0.6) is 0 Å². The lowest BCUT2D eigenvalue weighted by Gasteiger charge is -2.09. The number of fused-ring (bicyclic) bond motifs is 1. The topological polar surface area (TPSA) is 111 Å². The number of hydrogen-bond donors (Lipinski definition) is 2. The Kier molecular flexibility index (Phi) is 4.17. The molecule has 4 rings (SSSR count). The Labute approximate surface area is 154 Å². The fourth-order valence-corrected chi connectivity index (χ4v) is 3.00. The Balaban J connectivity index is 1.91. The van der Waals surface area contributed by atoms with Gasteiger partial charge in [0.2, 0.25) is 0 Å². The summed E-state index contributed by atoms with van der Waals surface area (Å²) in [5, 5.41) is 9.29. The van der Waals surface area contributed by atoms with Crippen LogP contribution in [0.2, 0.25) is 0 Å². The monoisotopic (exact) mass is 362 g/mol. The standard InChI is InChI=1S/C19H18N6O2/c1-12-3-2-4-15(22-12)19-23-13(7-8-26)10-24(19)14-5-6-17-21-9-16(18(20)27)25(17)11-14/h2-6,9-11,26H,7-8H2,1H3,(H2,20,27). The van der Waals surface area contributed by atoms with Gasteiger partial charge in [-0.3, -0.25) is 13.8 Å². The van der Waals surface area contributed by atoms with Crippen molar-refractivity contribution in [3.8, 4) is 17.2 Å². The van der Waals surface area contributed by atoms with Gasteiger partial charge < -0.3 is 10.8 Å². The molecule has 0 atom stereocenters. The van der Waals surface area contributed by atoms with Gasteiger partial charge in [-0.25, -0.2) is 15.0 Å². The van der Waals surface area contributed by atoms with Crippen molar-refractivity contribution in [2.24, 2.45) is 5.73 Å². The minimum absolute atomic E-state index is 0.00405. The third kappa shape index (κ3) is 3.06. The lowest BCUT2D eigenvalue weighted by atomic mass is 10.3. The number of pyridine rings is 2. The number of carbonyl (C=O) groups excluding carboxylic acids is 1. The highest BCUT2D eigenvalue weighted by Crippen LogP contribution is 2.23. The number of aromatic nitrogens is 5. The summed E-state index contributed by atoms with van der Waals surface area (Å²) in [6, 6.07) is 9.42. The first kappa shape index (κ1) is 16.9. The van der Waals surface area contributed by atoms with Gasteiger partial charge in [-0.05, 0) is 31.2 Å². The molecule has 27 heavy (non-hydrogen) atoms. The Morgan fingerprint density at radius 3 is 2.78 bits per heavy atom. The van der Waals surface area contributed by atoms with Gasteiger partial charge in [-0.2, -0.15) is 0 Å². The minimum Gasteiger partial charge on any atom is -0.396 e. The van der Waals surface area contributed by atoms with Gasteiger partial charge in [0, 0.05) is 31.1 Å². The maximum absolute atomic E-state index is 11.6. The van der Waals surface area contributed by atoms with Crippen LogP contribution in [0.15, 0.2) is 48.9 Å². The van der Waals surface area contributed by atoms with Crippen LogP contribution in [-0.2, 0) is 6.42 Å². The largest absolute Gasteiger partial charge is 0.396 e. The van der Waals surface area contributed by atoms with Crippen LogP contribution < -0.4 is 5.73 Å². The molecule has 1 amide bonds. The molecule has 0 spiro atoms. The second kappa shape index (κ2) is 6.65. The van der Waals surface area contributed by atoms with E-state index in [0.29, 0.717) is 23.6 Å². The Morgan fingerprint density at radius 1 is 1.19 bits per heavy atom. The zero-order valence-corrected chi connectivity index (χ0v) is 14.7. The lowest BCUT2D eigenvalue weighted by Crippen LogP contribution is -2.13. The molecule has 0 aliphatic heterocycles. The molecule has 0 radical (unpaired) electrons. The maximum atomic E-state index is 11.6. The zero-order valence-electron chi connectivity index (χ0n) is 14.7. The van der Waals surface area contributed by atoms with Crippen molar-refractivity contribution in [1.82, 2.24) is 23.9 Å². The minimum atomic E-state index is -0.549. The molecule has 0 bridgehead atoms. The maximum Gasteiger partial charge on any atom is 0.267 e. The molecule has 0 aliphatic carbocycles. The molecule has 0 unspecified atom stereocenters. The highest BCUT2D eigenvalue weighted by molar-refractivity contribution is 5.91. The summed E-state index contributed by atoms with van der Waals surface area (Å²) in [5.41, 5.74) is 9.49. The van der Waals surface area contributed by atoms with Crippen molar-refractivity contribution in [2.75, 3.05) is 6.61 Å². The zero-order chi connectivity index (χ0) is 19.0. The van der Waals surface area contributed by atoms with Crippen molar-refractivity contribution < 1.29 is 9.90 Å². The molecule has 0 aliphatic rings. The van der Waals surface area contributed by atoms with Gasteiger partial charge in [0.1, 0.15) is 17.0 Å². The Morgan fingerprint density at radius 2 is 2.04 bits per heavy atom. The fourth-order valence-electron chi connectivity index (χ4n) is 3.00. The third-order valence-corrected chi connectivity index (χ3v) is 4.26. The van der Waals surface area contributed by atoms with E-state index < -0.39 is 5.91 Å². The average molecular weight is 362 g/mol. The summed E-state index contributed by atoms with van der Waals surface area (Å²) in [4.78, 5) is 25.0. The van der Waals surface area contributed by atoms with E-state index in [1.807, 2.05) is 42.0 Å². The molecule has 0 saturated heterocycles. The Bertz CT molecular complexity index is 1140. The predicted molar refractivity (Wildman–Crippen MR) is 99.6 cm³/mol. The first-order valence-electron chi connectivity index (χ1n) is 8.47.